The molecule has 0 amide bonds. The van der Waals surface area contributed by atoms with E-state index < -0.39 is 0 Å². The van der Waals surface area contributed by atoms with Gasteiger partial charge in [-0.2, -0.15) is 0 Å². The monoisotopic (exact) mass is 354 g/mol. The fraction of sp³-hybridized carbons (Fsp3) is 0.250. The second-order valence-corrected chi connectivity index (χ2v) is 8.64. The van der Waals surface area contributed by atoms with Crippen molar-refractivity contribution in [2.24, 2.45) is 7.05 Å². The molecule has 0 atom stereocenters. The van der Waals surface area contributed by atoms with Gasteiger partial charge in [0.15, 0.2) is 0 Å². The molecule has 0 spiro atoms. The molecule has 1 aromatic heterocycles. The van der Waals surface area contributed by atoms with Crippen molar-refractivity contribution >= 4 is 34.7 Å². The minimum absolute atomic E-state index is 0.383. The molecule has 1 nitrogen and oxygen atoms in total. The van der Waals surface area contributed by atoms with Crippen LogP contribution < -0.4 is 13.5 Å². The van der Waals surface area contributed by atoms with Gasteiger partial charge in [-0.25, -0.2) is 0 Å². The maximum atomic E-state index is 2.32. The first-order valence-corrected chi connectivity index (χ1v) is 9.52. The number of hydrogen-bond donors (Lipinski definition) is 0. The van der Waals surface area contributed by atoms with E-state index in [0.29, 0.717) is 20.9 Å². The van der Waals surface area contributed by atoms with Crippen molar-refractivity contribution in [2.45, 2.75) is 26.7 Å². The number of pyridine rings is 1. The predicted molar refractivity (Wildman–Crippen MR) is 94.4 cm³/mol. The van der Waals surface area contributed by atoms with E-state index in [4.69, 9.17) is 0 Å². The molecule has 0 N–H and O–H groups in total. The number of hydrogen-bond acceptors (Lipinski definition) is 0. The van der Waals surface area contributed by atoms with Crippen LogP contribution in [0.3, 0.4) is 0 Å². The summed E-state index contributed by atoms with van der Waals surface area (Å²) in [5.74, 6) is 0.571. The zero-order chi connectivity index (χ0) is 15.4. The van der Waals surface area contributed by atoms with Crippen molar-refractivity contribution < 1.29 is 4.57 Å². The van der Waals surface area contributed by atoms with Crippen LogP contribution in [0.25, 0.3) is 22.0 Å². The fourth-order valence-corrected chi connectivity index (χ4v) is 6.49. The fourth-order valence-electron chi connectivity index (χ4n) is 3.44. The topological polar surface area (TPSA) is 3.88 Å². The van der Waals surface area contributed by atoms with Crippen LogP contribution in [-0.4, -0.2) is 15.0 Å². The first-order valence-electron chi connectivity index (χ1n) is 7.81. The average Bonchev–Trinajstić information content (AvgIpc) is 2.50. The second kappa shape index (κ2) is 4.94. The molecule has 1 aliphatic rings. The average molecular weight is 353 g/mol. The summed E-state index contributed by atoms with van der Waals surface area (Å²) in [4.78, 5) is 0. The normalized spacial score (nSPS) is 12.8. The van der Waals surface area contributed by atoms with Gasteiger partial charge in [0.2, 0.25) is 0 Å². The number of aromatic nitrogens is 1. The third kappa shape index (κ3) is 1.87. The standard InChI is InChI=1S/C20H20NSe/c1-12(2)15-10-11-21(4)19-17-13(3)8-9-14-6-5-7-16(18(14)17)22-20(15)19/h5-12H,1-4H3/q+1. The van der Waals surface area contributed by atoms with Crippen LogP contribution >= 0.6 is 0 Å². The van der Waals surface area contributed by atoms with Crippen molar-refractivity contribution in [3.05, 3.63) is 53.7 Å². The molecule has 0 bridgehead atoms. The van der Waals surface area contributed by atoms with Crippen molar-refractivity contribution in [3.63, 3.8) is 0 Å². The molecule has 110 valence electrons. The molecule has 0 fully saturated rings. The summed E-state index contributed by atoms with van der Waals surface area (Å²) in [6.07, 6.45) is 2.23. The summed E-state index contributed by atoms with van der Waals surface area (Å²) in [5.41, 5.74) is 5.78. The Kier molecular flexibility index (Phi) is 3.14. The SMILES string of the molecule is Cc1ccc2cccc3c2c1-c1c(c(C(C)C)cc[n+]1C)[Se]3. The summed E-state index contributed by atoms with van der Waals surface area (Å²) in [5, 5.41) is 2.85. The third-order valence-electron chi connectivity index (χ3n) is 4.59. The Hall–Kier alpha value is -1.63. The van der Waals surface area contributed by atoms with Crippen molar-refractivity contribution in [2.75, 3.05) is 0 Å². The molecule has 0 saturated heterocycles. The van der Waals surface area contributed by atoms with E-state index in [1.807, 2.05) is 0 Å². The van der Waals surface area contributed by atoms with Crippen LogP contribution in [0.5, 0.6) is 0 Å². The Morgan fingerprint density at radius 1 is 1.05 bits per heavy atom. The molecular formula is C20H20NSe+. The number of aryl methyl sites for hydroxylation is 2. The van der Waals surface area contributed by atoms with Crippen LogP contribution in [-0.2, 0) is 7.05 Å². The van der Waals surface area contributed by atoms with Crippen molar-refractivity contribution in [1.29, 1.82) is 0 Å². The van der Waals surface area contributed by atoms with Gasteiger partial charge in [0.1, 0.15) is 0 Å². The van der Waals surface area contributed by atoms with Crippen LogP contribution in [0.4, 0.5) is 0 Å². The number of benzene rings is 2. The minimum atomic E-state index is 0.383. The zero-order valence-corrected chi connectivity index (χ0v) is 15.2. The van der Waals surface area contributed by atoms with E-state index in [9.17, 15) is 0 Å². The Balaban J connectivity index is 2.20. The second-order valence-electron chi connectivity index (χ2n) is 6.43. The van der Waals surface area contributed by atoms with Gasteiger partial charge >= 0.3 is 138 Å². The molecule has 0 radical (unpaired) electrons. The van der Waals surface area contributed by atoms with Gasteiger partial charge in [-0.3, -0.25) is 0 Å². The van der Waals surface area contributed by atoms with E-state index in [-0.39, 0.29) is 0 Å². The van der Waals surface area contributed by atoms with Gasteiger partial charge in [-0.15, -0.1) is 0 Å². The van der Waals surface area contributed by atoms with Gasteiger partial charge in [-0.05, 0) is 0 Å². The van der Waals surface area contributed by atoms with E-state index >= 15 is 0 Å². The molecule has 2 heterocycles. The van der Waals surface area contributed by atoms with Crippen molar-refractivity contribution in [3.8, 4) is 11.3 Å². The first-order chi connectivity index (χ1) is 10.6. The van der Waals surface area contributed by atoms with E-state index in [1.54, 1.807) is 4.46 Å². The molecule has 1 aliphatic heterocycles. The quantitative estimate of drug-likeness (QED) is 0.366. The Morgan fingerprint density at radius 3 is 2.64 bits per heavy atom. The Bertz CT molecular complexity index is 909. The maximum absolute atomic E-state index is 2.32. The number of nitrogens with zero attached hydrogens (tertiary/aromatic N) is 1. The zero-order valence-electron chi connectivity index (χ0n) is 13.5. The van der Waals surface area contributed by atoms with Crippen LogP contribution in [0.15, 0.2) is 42.6 Å². The summed E-state index contributed by atoms with van der Waals surface area (Å²) >= 11 is 0.383. The third-order valence-corrected chi connectivity index (χ3v) is 7.10. The van der Waals surface area contributed by atoms with Gasteiger partial charge in [0.05, 0.1) is 0 Å². The van der Waals surface area contributed by atoms with E-state index in [2.05, 4.69) is 75.0 Å². The van der Waals surface area contributed by atoms with Crippen LogP contribution in [0, 0.1) is 6.92 Å². The molecule has 3 aromatic rings. The van der Waals surface area contributed by atoms with Crippen molar-refractivity contribution in [1.82, 2.24) is 0 Å². The van der Waals surface area contributed by atoms with Gasteiger partial charge < -0.3 is 0 Å². The molecule has 22 heavy (non-hydrogen) atoms. The Labute approximate surface area is 138 Å². The summed E-state index contributed by atoms with van der Waals surface area (Å²) < 4.78 is 5.42. The molecular weight excluding hydrogens is 333 g/mol. The number of rotatable bonds is 1. The van der Waals surface area contributed by atoms with E-state index in [0.717, 1.165) is 0 Å². The summed E-state index contributed by atoms with van der Waals surface area (Å²) in [6, 6.07) is 13.6. The van der Waals surface area contributed by atoms with E-state index in [1.165, 1.54) is 37.6 Å². The van der Waals surface area contributed by atoms with Crippen LogP contribution in [0.2, 0.25) is 0 Å². The van der Waals surface area contributed by atoms with Gasteiger partial charge in [0.25, 0.3) is 0 Å². The molecule has 2 aromatic carbocycles. The molecule has 0 saturated carbocycles. The van der Waals surface area contributed by atoms with Gasteiger partial charge in [0, 0.05) is 0 Å². The molecule has 0 unspecified atom stereocenters. The predicted octanol–water partition coefficient (Wildman–Crippen LogP) is 2.73. The molecule has 0 aliphatic carbocycles. The molecule has 2 heteroatoms. The van der Waals surface area contributed by atoms with Gasteiger partial charge in [-0.1, -0.05) is 0 Å². The molecule has 4 rings (SSSR count). The van der Waals surface area contributed by atoms with Crippen LogP contribution in [0.1, 0.15) is 30.9 Å². The summed E-state index contributed by atoms with van der Waals surface area (Å²) in [6.45, 7) is 6.86. The Morgan fingerprint density at radius 2 is 1.86 bits per heavy atom. The summed E-state index contributed by atoms with van der Waals surface area (Å²) in [7, 11) is 2.19. The first kappa shape index (κ1) is 14.0. The number of fused-ring (bicyclic) bond motifs is 2.